The minimum atomic E-state index is 1.08. The molecule has 0 N–H and O–H groups in total. The van der Waals surface area contributed by atoms with E-state index in [0.29, 0.717) is 0 Å². The summed E-state index contributed by atoms with van der Waals surface area (Å²) in [6.07, 6.45) is 5.17. The molecule has 0 heterocycles. The molecule has 0 aliphatic rings. The molecule has 0 saturated carbocycles. The van der Waals surface area contributed by atoms with Gasteiger partial charge in [-0.25, -0.2) is 0 Å². The van der Waals surface area contributed by atoms with Gasteiger partial charge in [-0.05, 0) is 32.5 Å². The zero-order valence-electron chi connectivity index (χ0n) is 11.8. The molecule has 0 bridgehead atoms. The van der Waals surface area contributed by atoms with Crippen molar-refractivity contribution in [3.8, 4) is 0 Å². The monoisotopic (exact) mass is 361 g/mol. The molecule has 98 valence electrons. The zero-order valence-corrected chi connectivity index (χ0v) is 16.3. The maximum absolute atomic E-state index is 3.15. The summed E-state index contributed by atoms with van der Waals surface area (Å²) in [7, 11) is 0. The Bertz CT molecular complexity index is 258. The summed E-state index contributed by atoms with van der Waals surface area (Å²) >= 11 is 4.25. The van der Waals surface area contributed by atoms with Crippen LogP contribution in [0.4, 0.5) is 0 Å². The molecule has 0 atom stereocenters. The molecule has 1 nitrogen and oxygen atoms in total. The molecule has 0 saturated heterocycles. The van der Waals surface area contributed by atoms with E-state index in [1.165, 1.54) is 60.7 Å². The van der Waals surface area contributed by atoms with Crippen LogP contribution >= 0.6 is 13.6 Å². The van der Waals surface area contributed by atoms with Gasteiger partial charge in [0.05, 0.1) is 0 Å². The van der Waals surface area contributed by atoms with Crippen molar-refractivity contribution in [2.75, 3.05) is 13.1 Å². The van der Waals surface area contributed by atoms with Gasteiger partial charge >= 0.3 is 30.0 Å². The van der Waals surface area contributed by atoms with E-state index < -0.39 is 0 Å². The minimum absolute atomic E-state index is 1.08. The number of halogens is 1. The van der Waals surface area contributed by atoms with Crippen LogP contribution in [0.3, 0.4) is 0 Å². The number of hydrogen-bond acceptors (Lipinski definition) is 1. The molecule has 1 aromatic rings. The van der Waals surface area contributed by atoms with E-state index in [0.717, 1.165) is 6.54 Å². The summed E-state index contributed by atoms with van der Waals surface area (Å²) in [5.41, 5.74) is 1.38. The number of nitrogens with zero attached hydrogens (tertiary/aromatic N) is 1. The van der Waals surface area contributed by atoms with Gasteiger partial charge in [0, 0.05) is 0 Å². The Kier molecular flexibility index (Phi) is 13.9. The van der Waals surface area contributed by atoms with Crippen molar-refractivity contribution in [1.82, 2.24) is 4.90 Å². The summed E-state index contributed by atoms with van der Waals surface area (Å²) in [4.78, 5) is 2.57. The van der Waals surface area contributed by atoms with E-state index in [2.05, 4.69) is 56.6 Å². The fourth-order valence-electron chi connectivity index (χ4n) is 1.82. The Hall–Kier alpha value is 0.283. The van der Waals surface area contributed by atoms with Crippen molar-refractivity contribution >= 4 is 13.6 Å². The Labute approximate surface area is 129 Å². The quantitative estimate of drug-likeness (QED) is 0.477. The molecule has 3 heteroatoms. The van der Waals surface area contributed by atoms with Gasteiger partial charge in [-0.2, -0.15) is 30.3 Å². The topological polar surface area (TPSA) is 3.24 Å². The third-order valence-electron chi connectivity index (χ3n) is 2.83. The molecule has 0 aromatic heterocycles. The third kappa shape index (κ3) is 9.24. The molecule has 0 amide bonds. The average molecular weight is 364 g/mol. The molecular formula is C15H24BrNZn. The normalized spacial score (nSPS) is 10.1. The molecule has 1 rings (SSSR count). The SMILES string of the molecule is CCCCN(CCCC)Cc1c[c-]ccc1.[Zn+][Br]. The van der Waals surface area contributed by atoms with Crippen LogP contribution in [0.1, 0.15) is 45.1 Å². The number of benzene rings is 1. The van der Waals surface area contributed by atoms with E-state index in [1.807, 2.05) is 6.07 Å². The van der Waals surface area contributed by atoms with Crippen molar-refractivity contribution in [2.45, 2.75) is 46.1 Å². The molecule has 0 radical (unpaired) electrons. The molecule has 0 spiro atoms. The molecule has 0 aliphatic carbocycles. The first-order valence-corrected chi connectivity index (χ1v) is 13.8. The van der Waals surface area contributed by atoms with Crippen molar-refractivity contribution in [1.29, 1.82) is 0 Å². The van der Waals surface area contributed by atoms with E-state index in [4.69, 9.17) is 0 Å². The van der Waals surface area contributed by atoms with Crippen LogP contribution in [0.25, 0.3) is 0 Å². The molecule has 0 aliphatic heterocycles. The predicted octanol–water partition coefficient (Wildman–Crippen LogP) is 4.73. The summed E-state index contributed by atoms with van der Waals surface area (Å²) < 4.78 is 0. The standard InChI is InChI=1S/C15H24N.BrH.Zn/c1-3-5-12-16(13-6-4-2)14-15-10-8-7-9-11-15;;/h7-8,10-11H,3-6,12-14H2,1-2H3;1H;/q-1;;+2/p-1. The van der Waals surface area contributed by atoms with E-state index in [9.17, 15) is 0 Å². The second-order valence-electron chi connectivity index (χ2n) is 4.39. The van der Waals surface area contributed by atoms with Crippen LogP contribution in [0, 0.1) is 6.07 Å². The summed E-state index contributed by atoms with van der Waals surface area (Å²) in [5.74, 6) is 0. The van der Waals surface area contributed by atoms with Gasteiger partial charge in [-0.15, -0.1) is 5.56 Å². The van der Waals surface area contributed by atoms with Gasteiger partial charge in [0.25, 0.3) is 0 Å². The van der Waals surface area contributed by atoms with Crippen LogP contribution in [0.15, 0.2) is 24.3 Å². The van der Waals surface area contributed by atoms with E-state index in [1.54, 1.807) is 0 Å². The van der Waals surface area contributed by atoms with Gasteiger partial charge in [0.2, 0.25) is 0 Å². The Morgan fingerprint density at radius 3 is 2.22 bits per heavy atom. The maximum atomic E-state index is 3.15. The first-order valence-electron chi connectivity index (χ1n) is 6.81. The van der Waals surface area contributed by atoms with E-state index in [-0.39, 0.29) is 0 Å². The Morgan fingerprint density at radius 2 is 1.78 bits per heavy atom. The first-order chi connectivity index (χ1) is 8.86. The van der Waals surface area contributed by atoms with Crippen molar-refractivity contribution in [3.05, 3.63) is 35.9 Å². The Morgan fingerprint density at radius 1 is 1.17 bits per heavy atom. The third-order valence-corrected chi connectivity index (χ3v) is 2.83. The van der Waals surface area contributed by atoms with Gasteiger partial charge in [-0.3, -0.25) is 0 Å². The number of hydrogen-bond donors (Lipinski definition) is 0. The molecular weight excluding hydrogens is 339 g/mol. The zero-order chi connectivity index (χ0) is 13.6. The van der Waals surface area contributed by atoms with Crippen molar-refractivity contribution in [2.24, 2.45) is 0 Å². The summed E-state index contributed by atoms with van der Waals surface area (Å²) in [6.45, 7) is 8.05. The fraction of sp³-hybridized carbons (Fsp3) is 0.600. The summed E-state index contributed by atoms with van der Waals surface area (Å²) in [6, 6.07) is 11.5. The second kappa shape index (κ2) is 13.7. The van der Waals surface area contributed by atoms with Crippen LogP contribution in [0.5, 0.6) is 0 Å². The van der Waals surface area contributed by atoms with Gasteiger partial charge in [0.1, 0.15) is 0 Å². The van der Waals surface area contributed by atoms with Crippen LogP contribution in [-0.4, -0.2) is 18.0 Å². The number of unbranched alkanes of at least 4 members (excludes halogenated alkanes) is 2. The van der Waals surface area contributed by atoms with Gasteiger partial charge < -0.3 is 4.90 Å². The summed E-state index contributed by atoms with van der Waals surface area (Å²) in [5, 5.41) is 0. The van der Waals surface area contributed by atoms with E-state index >= 15 is 0 Å². The van der Waals surface area contributed by atoms with Gasteiger partial charge in [-0.1, -0.05) is 26.7 Å². The van der Waals surface area contributed by atoms with Crippen LogP contribution < -0.4 is 0 Å². The molecule has 0 unspecified atom stereocenters. The average Bonchev–Trinajstić information content (AvgIpc) is 2.45. The van der Waals surface area contributed by atoms with Gasteiger partial charge in [0.15, 0.2) is 0 Å². The Balaban J connectivity index is 0.00000137. The van der Waals surface area contributed by atoms with Crippen LogP contribution in [-0.2, 0) is 22.9 Å². The molecule has 1 aromatic carbocycles. The first kappa shape index (κ1) is 18.3. The predicted molar refractivity (Wildman–Crippen MR) is 79.3 cm³/mol. The molecule has 18 heavy (non-hydrogen) atoms. The second-order valence-corrected chi connectivity index (χ2v) is 4.39. The number of rotatable bonds is 8. The van der Waals surface area contributed by atoms with Crippen molar-refractivity contribution < 1.29 is 16.3 Å². The fourth-order valence-corrected chi connectivity index (χ4v) is 1.82. The van der Waals surface area contributed by atoms with Crippen LogP contribution in [0.2, 0.25) is 0 Å². The van der Waals surface area contributed by atoms with Crippen molar-refractivity contribution in [3.63, 3.8) is 0 Å². The molecule has 0 fully saturated rings.